The molecule has 6 atom stereocenters. The Morgan fingerprint density at radius 3 is 2.55 bits per heavy atom. The normalized spacial score (nSPS) is 23.6. The van der Waals surface area contributed by atoms with Crippen LogP contribution >= 0.6 is 0 Å². The maximum atomic E-state index is 14.8. The van der Waals surface area contributed by atoms with Gasteiger partial charge in [-0.3, -0.25) is 4.90 Å². The van der Waals surface area contributed by atoms with Crippen molar-refractivity contribution in [3.63, 3.8) is 0 Å². The molecule has 0 unspecified atom stereocenters. The van der Waals surface area contributed by atoms with Gasteiger partial charge in [-0.25, -0.2) is 9.18 Å². The van der Waals surface area contributed by atoms with Gasteiger partial charge in [0.25, 0.3) is 0 Å². The molecule has 0 spiro atoms. The molecule has 4 aliphatic rings. The molecular formula is C49H59FN2O10. The van der Waals surface area contributed by atoms with Crippen molar-refractivity contribution in [3.8, 4) is 23.0 Å². The highest BCUT2D eigenvalue weighted by atomic mass is 19.1. The number of allylic oxidation sites excluding steroid dienone is 1. The summed E-state index contributed by atoms with van der Waals surface area (Å²) in [6, 6.07) is 17.0. The maximum Gasteiger partial charge on any atom is 0.410 e. The van der Waals surface area contributed by atoms with E-state index >= 15 is 0 Å². The van der Waals surface area contributed by atoms with Crippen molar-refractivity contribution in [2.75, 3.05) is 39.8 Å². The molecule has 332 valence electrons. The molecule has 0 saturated heterocycles. The summed E-state index contributed by atoms with van der Waals surface area (Å²) in [7, 11) is 0. The Morgan fingerprint density at radius 1 is 0.984 bits per heavy atom. The molecule has 1 saturated carbocycles. The van der Waals surface area contributed by atoms with E-state index in [0.29, 0.717) is 60.1 Å². The molecule has 2 aliphatic carbocycles. The number of ether oxygens (including phenoxy) is 6. The second kappa shape index (κ2) is 21.1. The second-order valence-corrected chi connectivity index (χ2v) is 16.1. The van der Waals surface area contributed by atoms with E-state index in [1.807, 2.05) is 43.3 Å². The van der Waals surface area contributed by atoms with Gasteiger partial charge in [0.15, 0.2) is 11.5 Å². The summed E-state index contributed by atoms with van der Waals surface area (Å²) in [6.07, 6.45) is 10.2. The van der Waals surface area contributed by atoms with Gasteiger partial charge in [-0.15, -0.1) is 13.2 Å². The Morgan fingerprint density at radius 2 is 1.77 bits per heavy atom. The predicted molar refractivity (Wildman–Crippen MR) is 232 cm³/mol. The van der Waals surface area contributed by atoms with E-state index in [-0.39, 0.29) is 76.4 Å². The van der Waals surface area contributed by atoms with Crippen LogP contribution in [-0.4, -0.2) is 78.6 Å². The Kier molecular flexibility index (Phi) is 15.2. The monoisotopic (exact) mass is 854 g/mol. The Balaban J connectivity index is 1.42. The standard InChI is InChI=1S/C49H59FN2O10/c1-4-7-25-56-48(55)52(30-33-18-20-43-44(26-33)59-32-58-43)45-29-41(51-61-6-3)38-27-34(14-10-12-22-53)37(16-11-13-23-54)46-39-28-36(57-31-35-15-8-9-17-40(35)50)19-21-42(39)62-49(45,47(38)46)60-24-5-2/h4-5,8-9,15,17-21,26-28,34,37,45-47,53-54H,1-2,6-7,10-14,16,22-25,29-32H2,3H3/t34-,37+,45-,46+,47+,49+/m0/s1. The summed E-state index contributed by atoms with van der Waals surface area (Å²) in [5.41, 5.74) is 3.67. The SMILES string of the molecule is C=CCCOC(=O)N(Cc1ccc2c(c1)OCO2)[C@H]1CC(=NOCC)C2=C[C@H](CCCCO)[C@@H](CCCCO)[C@@H]3c4cc(OCc5ccccc5F)ccc4O[C@@]1(OCC=C)[C@H]23. The van der Waals surface area contributed by atoms with Gasteiger partial charge in [-0.2, -0.15) is 0 Å². The van der Waals surface area contributed by atoms with Gasteiger partial charge >= 0.3 is 6.09 Å². The minimum absolute atomic E-state index is 0.000821. The fourth-order valence-electron chi connectivity index (χ4n) is 9.51. The lowest BCUT2D eigenvalue weighted by atomic mass is 9.55. The number of carbonyl (C=O) groups is 1. The molecular weight excluding hydrogens is 796 g/mol. The topological polar surface area (TPSA) is 138 Å². The number of unbranched alkanes of at least 4 members (excludes halogenated alkanes) is 2. The number of halogens is 1. The number of aliphatic hydroxyl groups is 2. The van der Waals surface area contributed by atoms with Gasteiger partial charge < -0.3 is 43.5 Å². The van der Waals surface area contributed by atoms with Crippen LogP contribution in [0.5, 0.6) is 23.0 Å². The minimum Gasteiger partial charge on any atom is -0.489 e. The van der Waals surface area contributed by atoms with Crippen molar-refractivity contribution in [3.05, 3.63) is 120 Å². The number of fused-ring (bicyclic) bond motifs is 3. The third-order valence-corrected chi connectivity index (χ3v) is 12.2. The number of rotatable bonds is 22. The van der Waals surface area contributed by atoms with E-state index in [0.717, 1.165) is 42.4 Å². The van der Waals surface area contributed by atoms with E-state index in [1.54, 1.807) is 35.3 Å². The smallest absolute Gasteiger partial charge is 0.410 e. The van der Waals surface area contributed by atoms with Gasteiger partial charge in [0.1, 0.15) is 36.6 Å². The van der Waals surface area contributed by atoms with Crippen LogP contribution in [0.1, 0.15) is 80.9 Å². The molecule has 2 heterocycles. The highest BCUT2D eigenvalue weighted by Crippen LogP contribution is 2.62. The molecule has 0 radical (unpaired) electrons. The molecule has 2 N–H and O–H groups in total. The highest BCUT2D eigenvalue weighted by Gasteiger charge is 2.65. The van der Waals surface area contributed by atoms with Crippen molar-refractivity contribution >= 4 is 11.8 Å². The average Bonchev–Trinajstić information content (AvgIpc) is 3.76. The van der Waals surface area contributed by atoms with Crippen molar-refractivity contribution in [1.82, 2.24) is 4.90 Å². The number of aliphatic hydroxyl groups excluding tert-OH is 2. The summed E-state index contributed by atoms with van der Waals surface area (Å²) in [4.78, 5) is 22.2. The number of nitrogens with zero attached hydrogens (tertiary/aromatic N) is 2. The third kappa shape index (κ3) is 9.65. The zero-order valence-electron chi connectivity index (χ0n) is 35.6. The molecule has 1 amide bonds. The lowest BCUT2D eigenvalue weighted by molar-refractivity contribution is -0.256. The molecule has 2 aliphatic heterocycles. The average molecular weight is 855 g/mol. The number of hydrogen-bond acceptors (Lipinski definition) is 11. The summed E-state index contributed by atoms with van der Waals surface area (Å²) >= 11 is 0. The molecule has 3 aromatic carbocycles. The first-order valence-electron chi connectivity index (χ1n) is 21.8. The quantitative estimate of drug-likeness (QED) is 0.0573. The van der Waals surface area contributed by atoms with Crippen molar-refractivity contribution in [2.24, 2.45) is 22.9 Å². The number of carbonyl (C=O) groups excluding carboxylic acids is 1. The van der Waals surface area contributed by atoms with Crippen LogP contribution in [0.15, 0.2) is 103 Å². The number of oxime groups is 1. The minimum atomic E-state index is -1.50. The van der Waals surface area contributed by atoms with E-state index < -0.39 is 23.8 Å². The van der Waals surface area contributed by atoms with E-state index in [9.17, 15) is 19.4 Å². The first kappa shape index (κ1) is 44.7. The fraction of sp³-hybridized carbons (Fsp3) is 0.469. The summed E-state index contributed by atoms with van der Waals surface area (Å²) in [5.74, 6) is -0.326. The van der Waals surface area contributed by atoms with E-state index in [2.05, 4.69) is 19.2 Å². The second-order valence-electron chi connectivity index (χ2n) is 16.1. The van der Waals surface area contributed by atoms with Crippen LogP contribution in [0.3, 0.4) is 0 Å². The molecule has 0 bridgehead atoms. The largest absolute Gasteiger partial charge is 0.489 e. The first-order valence-corrected chi connectivity index (χ1v) is 21.8. The summed E-state index contributed by atoms with van der Waals surface area (Å²) < 4.78 is 52.8. The van der Waals surface area contributed by atoms with Gasteiger partial charge in [0.2, 0.25) is 12.6 Å². The number of hydrogen-bond donors (Lipinski definition) is 2. The molecule has 7 rings (SSSR count). The fourth-order valence-corrected chi connectivity index (χ4v) is 9.51. The zero-order valence-corrected chi connectivity index (χ0v) is 35.6. The van der Waals surface area contributed by atoms with Crippen LogP contribution < -0.4 is 18.9 Å². The zero-order chi connectivity index (χ0) is 43.5. The van der Waals surface area contributed by atoms with E-state index in [1.165, 1.54) is 6.07 Å². The van der Waals surface area contributed by atoms with Crippen LogP contribution in [-0.2, 0) is 27.5 Å². The number of benzene rings is 3. The van der Waals surface area contributed by atoms with Crippen molar-refractivity contribution in [2.45, 2.75) is 89.2 Å². The van der Waals surface area contributed by atoms with E-state index in [4.69, 9.17) is 38.4 Å². The van der Waals surface area contributed by atoms with Gasteiger partial charge in [-0.1, -0.05) is 60.5 Å². The Hall–Kier alpha value is -5.37. The van der Waals surface area contributed by atoms with Crippen molar-refractivity contribution in [1.29, 1.82) is 0 Å². The van der Waals surface area contributed by atoms with Gasteiger partial charge in [0, 0.05) is 43.2 Å². The van der Waals surface area contributed by atoms with Crippen LogP contribution in [0.2, 0.25) is 0 Å². The molecule has 12 nitrogen and oxygen atoms in total. The third-order valence-electron chi connectivity index (χ3n) is 12.2. The molecule has 1 fully saturated rings. The molecule has 0 aromatic heterocycles. The maximum absolute atomic E-state index is 14.8. The Bertz CT molecular complexity index is 2090. The van der Waals surface area contributed by atoms with Crippen molar-refractivity contribution < 1.29 is 52.7 Å². The molecule has 3 aromatic rings. The lowest BCUT2D eigenvalue weighted by Gasteiger charge is -2.59. The summed E-state index contributed by atoms with van der Waals surface area (Å²) in [6.45, 7) is 10.6. The Labute approximate surface area is 363 Å². The number of amides is 1. The molecule has 62 heavy (non-hydrogen) atoms. The van der Waals surface area contributed by atoms with Gasteiger partial charge in [-0.05, 0) is 98.4 Å². The van der Waals surface area contributed by atoms with Crippen LogP contribution in [0.25, 0.3) is 0 Å². The lowest BCUT2D eigenvalue weighted by Crippen LogP contribution is -2.70. The van der Waals surface area contributed by atoms with Crippen LogP contribution in [0.4, 0.5) is 9.18 Å². The van der Waals surface area contributed by atoms with Crippen LogP contribution in [0, 0.1) is 23.6 Å². The van der Waals surface area contributed by atoms with Gasteiger partial charge in [0.05, 0.1) is 24.8 Å². The summed E-state index contributed by atoms with van der Waals surface area (Å²) in [5, 5.41) is 24.6. The molecule has 13 heteroatoms. The first-order chi connectivity index (χ1) is 30.3. The highest BCUT2D eigenvalue weighted by molar-refractivity contribution is 6.03. The predicted octanol–water partition coefficient (Wildman–Crippen LogP) is 9.00.